The van der Waals surface area contributed by atoms with Crippen LogP contribution in [0.1, 0.15) is 45.4 Å². The summed E-state index contributed by atoms with van der Waals surface area (Å²) in [5.74, 6) is -7.05. The summed E-state index contributed by atoms with van der Waals surface area (Å²) in [6.07, 6.45) is -15.7. The summed E-state index contributed by atoms with van der Waals surface area (Å²) in [5.41, 5.74) is -0.564. The van der Waals surface area contributed by atoms with Crippen molar-refractivity contribution in [3.63, 3.8) is 0 Å². The Bertz CT molecular complexity index is 431. The van der Waals surface area contributed by atoms with Crippen LogP contribution in [0.3, 0.4) is 0 Å². The Kier molecular flexibility index (Phi) is 8.17. The zero-order chi connectivity index (χ0) is 19.2. The van der Waals surface area contributed by atoms with Crippen LogP contribution in [0.4, 0.5) is 35.1 Å². The topological polar surface area (TPSA) is 26.3 Å². The fourth-order valence-corrected chi connectivity index (χ4v) is 1.64. The van der Waals surface area contributed by atoms with Crippen molar-refractivity contribution in [3.8, 4) is 0 Å². The lowest BCUT2D eigenvalue weighted by Gasteiger charge is -2.28. The molecule has 1 unspecified atom stereocenters. The van der Waals surface area contributed by atoms with Crippen LogP contribution in [0.25, 0.3) is 0 Å². The van der Waals surface area contributed by atoms with Gasteiger partial charge in [-0.1, -0.05) is 25.8 Å². The van der Waals surface area contributed by atoms with Crippen molar-refractivity contribution in [3.05, 3.63) is 12.2 Å². The summed E-state index contributed by atoms with van der Waals surface area (Å²) in [7, 11) is 0. The molecule has 24 heavy (non-hydrogen) atoms. The third kappa shape index (κ3) is 7.48. The second-order valence-electron chi connectivity index (χ2n) is 5.35. The summed E-state index contributed by atoms with van der Waals surface area (Å²) in [4.78, 5) is 10.9. The molecule has 0 amide bonds. The minimum Gasteiger partial charge on any atom is -0.393 e. The van der Waals surface area contributed by atoms with Gasteiger partial charge in [-0.2, -0.15) is 30.7 Å². The average molecular weight is 370 g/mol. The van der Waals surface area contributed by atoms with E-state index in [4.69, 9.17) is 0 Å². The third-order valence-corrected chi connectivity index (χ3v) is 3.02. The monoisotopic (exact) mass is 370 g/mol. The Morgan fingerprint density at radius 3 is 1.96 bits per heavy atom. The molecule has 0 fully saturated rings. The molecule has 0 rings (SSSR count). The highest BCUT2D eigenvalue weighted by molar-refractivity contribution is 5.87. The summed E-state index contributed by atoms with van der Waals surface area (Å²) >= 11 is 0. The molecule has 0 aliphatic heterocycles. The molecule has 0 aliphatic carbocycles. The molecule has 10 heteroatoms. The van der Waals surface area contributed by atoms with Crippen molar-refractivity contribution >= 4 is 5.97 Å². The maximum absolute atomic E-state index is 13.4. The van der Waals surface area contributed by atoms with E-state index in [9.17, 15) is 39.9 Å². The number of hydrogen-bond donors (Lipinski definition) is 0. The van der Waals surface area contributed by atoms with Gasteiger partial charge in [-0.3, -0.25) is 0 Å². The smallest absolute Gasteiger partial charge is 0.393 e. The first-order valence-corrected chi connectivity index (χ1v) is 7.06. The number of halogens is 8. The van der Waals surface area contributed by atoms with Crippen molar-refractivity contribution < 1.29 is 44.7 Å². The van der Waals surface area contributed by atoms with Crippen molar-refractivity contribution in [1.29, 1.82) is 0 Å². The van der Waals surface area contributed by atoms with Gasteiger partial charge in [0.05, 0.1) is 0 Å². The molecule has 0 bridgehead atoms. The van der Waals surface area contributed by atoms with E-state index in [-0.39, 0.29) is 25.7 Å². The number of carbonyl (C=O) groups excluding carboxylic acids is 1. The van der Waals surface area contributed by atoms with Crippen molar-refractivity contribution in [2.75, 3.05) is 0 Å². The minimum atomic E-state index is -5.36. The van der Waals surface area contributed by atoms with E-state index in [0.29, 0.717) is 0 Å². The van der Waals surface area contributed by atoms with E-state index in [1.54, 1.807) is 0 Å². The van der Waals surface area contributed by atoms with Gasteiger partial charge < -0.3 is 4.74 Å². The molecule has 0 aromatic rings. The van der Waals surface area contributed by atoms with E-state index in [1.807, 2.05) is 0 Å². The van der Waals surface area contributed by atoms with Gasteiger partial charge in [0.15, 0.2) is 6.17 Å². The lowest BCUT2D eigenvalue weighted by atomic mass is 10.0. The molecule has 0 aromatic heterocycles. The maximum atomic E-state index is 13.4. The molecular weight excluding hydrogens is 352 g/mol. The molecule has 0 aliphatic rings. The Hall–Kier alpha value is -1.35. The van der Waals surface area contributed by atoms with Gasteiger partial charge >= 0.3 is 24.2 Å². The molecule has 0 aromatic carbocycles. The highest BCUT2D eigenvalue weighted by atomic mass is 19.4. The lowest BCUT2D eigenvalue weighted by Crippen LogP contribution is -2.50. The molecule has 1 atom stereocenters. The van der Waals surface area contributed by atoms with Crippen LogP contribution in [-0.4, -0.2) is 30.3 Å². The quantitative estimate of drug-likeness (QED) is 0.217. The van der Waals surface area contributed by atoms with Crippen LogP contribution in [0, 0.1) is 0 Å². The van der Waals surface area contributed by atoms with E-state index < -0.39 is 48.8 Å². The Morgan fingerprint density at radius 1 is 1.00 bits per heavy atom. The molecular formula is C14H18F8O2. The van der Waals surface area contributed by atoms with Crippen molar-refractivity contribution in [2.24, 2.45) is 0 Å². The van der Waals surface area contributed by atoms with Crippen LogP contribution < -0.4 is 0 Å². The first kappa shape index (κ1) is 22.6. The van der Waals surface area contributed by atoms with Gasteiger partial charge in [0.1, 0.15) is 0 Å². The number of hydrogen-bond acceptors (Lipinski definition) is 2. The van der Waals surface area contributed by atoms with Crippen LogP contribution >= 0.6 is 0 Å². The predicted octanol–water partition coefficient (Wildman–Crippen LogP) is 5.57. The molecule has 0 radical (unpaired) electrons. The minimum absolute atomic E-state index is 0.00115. The second kappa shape index (κ2) is 8.66. The largest absolute Gasteiger partial charge is 0.469 e. The van der Waals surface area contributed by atoms with Gasteiger partial charge in [0.25, 0.3) is 0 Å². The average Bonchev–Trinajstić information content (AvgIpc) is 2.40. The van der Waals surface area contributed by atoms with Crippen LogP contribution in [0.2, 0.25) is 0 Å². The molecule has 0 saturated heterocycles. The summed E-state index contributed by atoms with van der Waals surface area (Å²) in [6.45, 7) is 3.88. The highest BCUT2D eigenvalue weighted by Crippen LogP contribution is 2.41. The van der Waals surface area contributed by atoms with Crippen LogP contribution in [-0.2, 0) is 9.53 Å². The first-order chi connectivity index (χ1) is 10.7. The molecule has 0 saturated carbocycles. The molecule has 0 spiro atoms. The summed E-state index contributed by atoms with van der Waals surface area (Å²) < 4.78 is 105. The van der Waals surface area contributed by atoms with Gasteiger partial charge in [0.2, 0.25) is 0 Å². The fourth-order valence-electron chi connectivity index (χ4n) is 1.64. The number of unbranched alkanes of at least 4 members (excludes halogenated alkanes) is 3. The Labute approximate surface area is 133 Å². The number of alkyl halides is 8. The molecule has 2 nitrogen and oxygen atoms in total. The molecule has 0 N–H and O–H groups in total. The normalized spacial score (nSPS) is 14.4. The van der Waals surface area contributed by atoms with E-state index in [0.717, 1.165) is 6.92 Å². The molecule has 142 valence electrons. The van der Waals surface area contributed by atoms with Crippen molar-refractivity contribution in [2.45, 2.75) is 69.8 Å². The summed E-state index contributed by atoms with van der Waals surface area (Å²) in [6, 6.07) is 0. The van der Waals surface area contributed by atoms with Crippen LogP contribution in [0.15, 0.2) is 12.2 Å². The van der Waals surface area contributed by atoms with E-state index in [2.05, 4.69) is 11.3 Å². The van der Waals surface area contributed by atoms with Gasteiger partial charge in [-0.25, -0.2) is 9.18 Å². The van der Waals surface area contributed by atoms with Crippen LogP contribution in [0.5, 0.6) is 0 Å². The van der Waals surface area contributed by atoms with E-state index in [1.165, 1.54) is 0 Å². The Balaban J connectivity index is 4.38. The number of carbonyl (C=O) groups is 1. The van der Waals surface area contributed by atoms with Gasteiger partial charge in [-0.15, -0.1) is 0 Å². The van der Waals surface area contributed by atoms with E-state index >= 15 is 0 Å². The number of esters is 1. The Morgan fingerprint density at radius 2 is 1.50 bits per heavy atom. The fraction of sp³-hybridized carbons (Fsp3) is 0.786. The zero-order valence-corrected chi connectivity index (χ0v) is 12.9. The van der Waals surface area contributed by atoms with Crippen molar-refractivity contribution in [1.82, 2.24) is 0 Å². The third-order valence-electron chi connectivity index (χ3n) is 3.02. The zero-order valence-electron chi connectivity index (χ0n) is 12.9. The highest BCUT2D eigenvalue weighted by Gasteiger charge is 2.65. The summed E-state index contributed by atoms with van der Waals surface area (Å²) in [5, 5.41) is 0. The molecule has 0 heterocycles. The lowest BCUT2D eigenvalue weighted by molar-refractivity contribution is -0.345. The predicted molar refractivity (Wildman–Crippen MR) is 69.5 cm³/mol. The maximum Gasteiger partial charge on any atom is 0.469 e. The van der Waals surface area contributed by atoms with Gasteiger partial charge in [0, 0.05) is 12.0 Å². The first-order valence-electron chi connectivity index (χ1n) is 7.06. The second-order valence-corrected chi connectivity index (χ2v) is 5.35. The SMILES string of the molecule is C=C(C)C(=O)OC(F)(F)C(F)(F)C(F)CCCCCCC(F)(F)F. The standard InChI is InChI=1S/C14H18F8O2/c1-9(2)11(23)24-14(21,22)13(19,20)10(15)7-5-3-4-6-8-12(16,17)18/h10H,1,3-8H2,2H3. The number of rotatable bonds is 10. The number of ether oxygens (including phenoxy) is 1. The van der Waals surface area contributed by atoms with Gasteiger partial charge in [-0.05, 0) is 19.8 Å².